The molecule has 0 N–H and O–H groups in total. The van der Waals surface area contributed by atoms with Crippen LogP contribution in [0.4, 0.5) is 13.2 Å². The van der Waals surface area contributed by atoms with Crippen LogP contribution in [0.15, 0.2) is 24.3 Å². The molecule has 0 aliphatic heterocycles. The first-order chi connectivity index (χ1) is 8.45. The van der Waals surface area contributed by atoms with Crippen molar-refractivity contribution in [1.29, 1.82) is 0 Å². The van der Waals surface area contributed by atoms with E-state index in [2.05, 4.69) is 0 Å². The van der Waals surface area contributed by atoms with E-state index in [1.807, 2.05) is 6.92 Å². The maximum Gasteiger partial charge on any atom is 0.416 e. The summed E-state index contributed by atoms with van der Waals surface area (Å²) in [6, 6.07) is 5.31. The van der Waals surface area contributed by atoms with Crippen LogP contribution in [-0.4, -0.2) is 12.6 Å². The van der Waals surface area contributed by atoms with E-state index >= 15 is 0 Å². The predicted molar refractivity (Wildman–Crippen MR) is 61.0 cm³/mol. The lowest BCUT2D eigenvalue weighted by atomic mass is 10.0. The topological polar surface area (TPSA) is 26.3 Å². The van der Waals surface area contributed by atoms with Crippen LogP contribution >= 0.6 is 0 Å². The van der Waals surface area contributed by atoms with Gasteiger partial charge in [-0.25, -0.2) is 0 Å². The molecule has 5 heteroatoms. The lowest BCUT2D eigenvalue weighted by Gasteiger charge is -2.12. The van der Waals surface area contributed by atoms with Crippen LogP contribution in [0.2, 0.25) is 0 Å². The van der Waals surface area contributed by atoms with Crippen molar-refractivity contribution in [1.82, 2.24) is 0 Å². The highest BCUT2D eigenvalue weighted by molar-refractivity contribution is 5.69. The van der Waals surface area contributed by atoms with Crippen molar-refractivity contribution in [3.05, 3.63) is 35.4 Å². The number of rotatable bonds is 5. The first kappa shape index (κ1) is 14.5. The van der Waals surface area contributed by atoms with Gasteiger partial charge in [0.2, 0.25) is 0 Å². The monoisotopic (exact) mass is 260 g/mol. The van der Waals surface area contributed by atoms with Crippen LogP contribution in [0.5, 0.6) is 0 Å². The van der Waals surface area contributed by atoms with Crippen LogP contribution in [-0.2, 0) is 22.1 Å². The van der Waals surface area contributed by atoms with Gasteiger partial charge >= 0.3 is 12.1 Å². The summed E-state index contributed by atoms with van der Waals surface area (Å²) in [5.41, 5.74) is -0.522. The van der Waals surface area contributed by atoms with Crippen molar-refractivity contribution in [3.63, 3.8) is 0 Å². The number of benzene rings is 1. The number of halogens is 3. The van der Waals surface area contributed by atoms with Gasteiger partial charge in [0.1, 0.15) is 0 Å². The van der Waals surface area contributed by atoms with Crippen molar-refractivity contribution < 1.29 is 22.7 Å². The molecule has 0 saturated carbocycles. The molecule has 0 radical (unpaired) electrons. The molecule has 1 aromatic carbocycles. The second kappa shape index (κ2) is 6.42. The quantitative estimate of drug-likeness (QED) is 0.756. The number of carbonyl (C=O) groups is 1. The van der Waals surface area contributed by atoms with Crippen molar-refractivity contribution in [2.45, 2.75) is 32.4 Å². The van der Waals surface area contributed by atoms with Gasteiger partial charge in [0, 0.05) is 12.8 Å². The third kappa shape index (κ3) is 4.39. The molecule has 18 heavy (non-hydrogen) atoms. The molecule has 0 spiro atoms. The van der Waals surface area contributed by atoms with E-state index in [1.165, 1.54) is 12.1 Å². The van der Waals surface area contributed by atoms with E-state index in [0.29, 0.717) is 12.8 Å². The molecule has 0 saturated heterocycles. The SMILES string of the molecule is CCCC(=O)OCCc1ccccc1C(F)(F)F. The van der Waals surface area contributed by atoms with E-state index in [-0.39, 0.29) is 24.6 Å². The average molecular weight is 260 g/mol. The molecule has 1 rings (SSSR count). The Morgan fingerprint density at radius 2 is 1.94 bits per heavy atom. The fourth-order valence-electron chi connectivity index (χ4n) is 1.57. The molecule has 0 heterocycles. The second-order valence-electron chi connectivity index (χ2n) is 3.88. The smallest absolute Gasteiger partial charge is 0.416 e. The highest BCUT2D eigenvalue weighted by Crippen LogP contribution is 2.31. The van der Waals surface area contributed by atoms with Crippen LogP contribution in [0, 0.1) is 0 Å². The van der Waals surface area contributed by atoms with E-state index in [4.69, 9.17) is 4.74 Å². The Hall–Kier alpha value is -1.52. The summed E-state index contributed by atoms with van der Waals surface area (Å²) in [7, 11) is 0. The van der Waals surface area contributed by atoms with Gasteiger partial charge in [0.15, 0.2) is 0 Å². The van der Waals surface area contributed by atoms with Crippen molar-refractivity contribution in [2.24, 2.45) is 0 Å². The second-order valence-corrected chi connectivity index (χ2v) is 3.88. The fourth-order valence-corrected chi connectivity index (χ4v) is 1.57. The maximum atomic E-state index is 12.6. The number of ether oxygens (including phenoxy) is 1. The molecule has 0 bridgehead atoms. The van der Waals surface area contributed by atoms with Crippen LogP contribution in [0.25, 0.3) is 0 Å². The highest BCUT2D eigenvalue weighted by Gasteiger charge is 2.32. The molecule has 2 nitrogen and oxygen atoms in total. The number of esters is 1. The first-order valence-corrected chi connectivity index (χ1v) is 5.76. The molecule has 0 amide bonds. The Kier molecular flexibility index (Phi) is 5.19. The zero-order chi connectivity index (χ0) is 13.6. The van der Waals surface area contributed by atoms with E-state index < -0.39 is 11.7 Å². The number of hydrogen-bond donors (Lipinski definition) is 0. The minimum absolute atomic E-state index is 0.0219. The highest BCUT2D eigenvalue weighted by atomic mass is 19.4. The van der Waals surface area contributed by atoms with Crippen molar-refractivity contribution in [3.8, 4) is 0 Å². The molecule has 0 aromatic heterocycles. The molecule has 0 atom stereocenters. The lowest BCUT2D eigenvalue weighted by Crippen LogP contribution is -2.12. The Balaban J connectivity index is 2.60. The van der Waals surface area contributed by atoms with Gasteiger partial charge in [0.25, 0.3) is 0 Å². The Bertz CT molecular complexity index is 399. The van der Waals surface area contributed by atoms with Crippen LogP contribution < -0.4 is 0 Å². The number of alkyl halides is 3. The molecule has 0 unspecified atom stereocenters. The first-order valence-electron chi connectivity index (χ1n) is 5.76. The third-order valence-electron chi connectivity index (χ3n) is 2.41. The molecule has 100 valence electrons. The molecule has 0 fully saturated rings. The molecule has 1 aromatic rings. The average Bonchev–Trinajstić information content (AvgIpc) is 2.28. The summed E-state index contributed by atoms with van der Waals surface area (Å²) in [5.74, 6) is -0.373. The van der Waals surface area contributed by atoms with Gasteiger partial charge in [-0.2, -0.15) is 13.2 Å². The van der Waals surface area contributed by atoms with Crippen molar-refractivity contribution >= 4 is 5.97 Å². The zero-order valence-corrected chi connectivity index (χ0v) is 10.1. The number of hydrogen-bond acceptors (Lipinski definition) is 2. The van der Waals surface area contributed by atoms with E-state index in [1.54, 1.807) is 6.07 Å². The summed E-state index contributed by atoms with van der Waals surface area (Å²) < 4.78 is 42.8. The Morgan fingerprint density at radius 1 is 1.28 bits per heavy atom. The lowest BCUT2D eigenvalue weighted by molar-refractivity contribution is -0.143. The fraction of sp³-hybridized carbons (Fsp3) is 0.462. The molecular formula is C13H15F3O2. The Morgan fingerprint density at radius 3 is 2.56 bits per heavy atom. The van der Waals surface area contributed by atoms with Gasteiger partial charge in [-0.05, 0) is 18.1 Å². The van der Waals surface area contributed by atoms with Gasteiger partial charge < -0.3 is 4.74 Å². The summed E-state index contributed by atoms with van der Waals surface area (Å²) in [6.45, 7) is 1.81. The minimum Gasteiger partial charge on any atom is -0.465 e. The maximum absolute atomic E-state index is 12.6. The third-order valence-corrected chi connectivity index (χ3v) is 2.41. The largest absolute Gasteiger partial charge is 0.465 e. The summed E-state index contributed by atoms with van der Waals surface area (Å²) >= 11 is 0. The van der Waals surface area contributed by atoms with Gasteiger partial charge in [-0.3, -0.25) is 4.79 Å². The molecule has 0 aliphatic carbocycles. The zero-order valence-electron chi connectivity index (χ0n) is 10.1. The molecular weight excluding hydrogens is 245 g/mol. The Labute approximate surface area is 104 Å². The van der Waals surface area contributed by atoms with Crippen LogP contribution in [0.3, 0.4) is 0 Å². The van der Waals surface area contributed by atoms with Crippen molar-refractivity contribution in [2.75, 3.05) is 6.61 Å². The van der Waals surface area contributed by atoms with E-state index in [0.717, 1.165) is 6.07 Å². The minimum atomic E-state index is -4.37. The normalized spacial score (nSPS) is 11.3. The van der Waals surface area contributed by atoms with Crippen LogP contribution in [0.1, 0.15) is 30.9 Å². The summed E-state index contributed by atoms with van der Waals surface area (Å²) in [5, 5.41) is 0. The predicted octanol–water partition coefficient (Wildman–Crippen LogP) is 3.59. The summed E-state index contributed by atoms with van der Waals surface area (Å²) in [4.78, 5) is 11.1. The molecule has 0 aliphatic rings. The van der Waals surface area contributed by atoms with E-state index in [9.17, 15) is 18.0 Å². The summed E-state index contributed by atoms with van der Waals surface area (Å²) in [6.07, 6.45) is -3.34. The van der Waals surface area contributed by atoms with Gasteiger partial charge in [-0.1, -0.05) is 25.1 Å². The van der Waals surface area contributed by atoms with Gasteiger partial charge in [0.05, 0.1) is 12.2 Å². The number of carbonyl (C=O) groups excluding carboxylic acids is 1. The van der Waals surface area contributed by atoms with Gasteiger partial charge in [-0.15, -0.1) is 0 Å². The standard InChI is InChI=1S/C13H15F3O2/c1-2-5-12(17)18-9-8-10-6-3-4-7-11(10)13(14,15)16/h3-4,6-7H,2,5,8-9H2,1H3.